The van der Waals surface area contributed by atoms with Crippen LogP contribution in [-0.2, 0) is 4.79 Å². The van der Waals surface area contributed by atoms with Gasteiger partial charge in [-0.05, 0) is 87.5 Å². The van der Waals surface area contributed by atoms with Gasteiger partial charge in [0.25, 0.3) is 5.22 Å². The Bertz CT molecular complexity index is 914. The number of carbonyl (C=O) groups excluding carboxylic acids is 1. The molecule has 1 N–H and O–H groups in total. The SMILES string of the molecule is CC(Sc1nnc(-c2ccc(OC(F)F)cc2)o1)C(=O)NC12CC3CC(CC(C3)C1)C2. The van der Waals surface area contributed by atoms with E-state index in [1.807, 2.05) is 6.92 Å². The third-order valence-corrected chi connectivity index (χ3v) is 7.74. The highest BCUT2D eigenvalue weighted by Gasteiger charge is 2.51. The molecule has 166 valence electrons. The van der Waals surface area contributed by atoms with Crippen LogP contribution in [0.1, 0.15) is 45.4 Å². The van der Waals surface area contributed by atoms with Crippen molar-refractivity contribution >= 4 is 17.7 Å². The van der Waals surface area contributed by atoms with Crippen molar-refractivity contribution in [2.75, 3.05) is 0 Å². The lowest BCUT2D eigenvalue weighted by atomic mass is 9.53. The molecule has 6 rings (SSSR count). The molecule has 9 heteroatoms. The van der Waals surface area contributed by atoms with Crippen LogP contribution in [0.25, 0.3) is 11.5 Å². The van der Waals surface area contributed by atoms with Gasteiger partial charge in [-0.3, -0.25) is 4.79 Å². The van der Waals surface area contributed by atoms with Crippen molar-refractivity contribution in [1.82, 2.24) is 15.5 Å². The van der Waals surface area contributed by atoms with E-state index in [0.717, 1.165) is 37.0 Å². The van der Waals surface area contributed by atoms with Crippen LogP contribution in [0.3, 0.4) is 0 Å². The average Bonchev–Trinajstić information content (AvgIpc) is 3.15. The third kappa shape index (κ3) is 4.42. The predicted octanol–water partition coefficient (Wildman–Crippen LogP) is 4.90. The molecule has 0 spiro atoms. The maximum Gasteiger partial charge on any atom is 0.387 e. The van der Waals surface area contributed by atoms with Crippen molar-refractivity contribution in [2.45, 2.75) is 68.1 Å². The van der Waals surface area contributed by atoms with E-state index in [1.165, 1.54) is 43.2 Å². The van der Waals surface area contributed by atoms with Crippen LogP contribution < -0.4 is 10.1 Å². The molecular weight excluding hydrogens is 424 g/mol. The Morgan fingerprint density at radius 2 is 1.74 bits per heavy atom. The molecule has 1 unspecified atom stereocenters. The minimum absolute atomic E-state index is 0.0141. The first kappa shape index (κ1) is 20.7. The fraction of sp³-hybridized carbons (Fsp3) is 0.591. The maximum absolute atomic E-state index is 12.9. The second kappa shape index (κ2) is 8.07. The fourth-order valence-corrected chi connectivity index (χ4v) is 6.67. The lowest BCUT2D eigenvalue weighted by molar-refractivity contribution is -0.126. The Labute approximate surface area is 183 Å². The second-order valence-corrected chi connectivity index (χ2v) is 10.5. The van der Waals surface area contributed by atoms with Crippen LogP contribution in [0.15, 0.2) is 33.9 Å². The molecule has 1 amide bonds. The summed E-state index contributed by atoms with van der Waals surface area (Å²) in [5, 5.41) is 11.4. The molecule has 1 aromatic heterocycles. The van der Waals surface area contributed by atoms with Crippen LogP contribution in [0.2, 0.25) is 0 Å². The van der Waals surface area contributed by atoms with Gasteiger partial charge in [0.05, 0.1) is 5.25 Å². The van der Waals surface area contributed by atoms with Crippen molar-refractivity contribution in [3.8, 4) is 17.2 Å². The summed E-state index contributed by atoms with van der Waals surface area (Å²) in [6.45, 7) is -1.02. The summed E-state index contributed by atoms with van der Waals surface area (Å²) in [5.74, 6) is 2.64. The molecule has 4 aliphatic rings. The number of benzene rings is 1. The van der Waals surface area contributed by atoms with E-state index in [-0.39, 0.29) is 28.3 Å². The minimum Gasteiger partial charge on any atom is -0.435 e. The zero-order valence-corrected chi connectivity index (χ0v) is 18.0. The monoisotopic (exact) mass is 449 g/mol. The van der Waals surface area contributed by atoms with Gasteiger partial charge < -0.3 is 14.5 Å². The van der Waals surface area contributed by atoms with Crippen molar-refractivity contribution in [1.29, 1.82) is 0 Å². The number of nitrogens with zero attached hydrogens (tertiary/aromatic N) is 2. The molecule has 2 aromatic rings. The highest BCUT2D eigenvalue weighted by molar-refractivity contribution is 8.00. The molecule has 0 aliphatic heterocycles. The van der Waals surface area contributed by atoms with E-state index >= 15 is 0 Å². The highest BCUT2D eigenvalue weighted by atomic mass is 32.2. The normalized spacial score (nSPS) is 29.9. The third-order valence-electron chi connectivity index (χ3n) is 6.81. The Hall–Kier alpha value is -2.16. The van der Waals surface area contributed by atoms with Gasteiger partial charge in [-0.1, -0.05) is 11.8 Å². The van der Waals surface area contributed by atoms with E-state index in [0.29, 0.717) is 10.8 Å². The van der Waals surface area contributed by atoms with Crippen molar-refractivity contribution < 1.29 is 22.7 Å². The number of thioether (sulfide) groups is 1. The van der Waals surface area contributed by atoms with E-state index in [2.05, 4.69) is 20.3 Å². The minimum atomic E-state index is -2.87. The summed E-state index contributed by atoms with van der Waals surface area (Å²) < 4.78 is 34.6. The molecule has 1 atom stereocenters. The van der Waals surface area contributed by atoms with Gasteiger partial charge in [0.1, 0.15) is 5.75 Å². The first-order chi connectivity index (χ1) is 14.9. The average molecular weight is 450 g/mol. The van der Waals surface area contributed by atoms with Gasteiger partial charge >= 0.3 is 6.61 Å². The van der Waals surface area contributed by atoms with Gasteiger partial charge in [-0.15, -0.1) is 10.2 Å². The zero-order valence-electron chi connectivity index (χ0n) is 17.2. The number of aromatic nitrogens is 2. The van der Waals surface area contributed by atoms with Crippen LogP contribution in [-0.4, -0.2) is 33.5 Å². The number of halogens is 2. The quantitative estimate of drug-likeness (QED) is 0.606. The number of alkyl halides is 2. The Kier molecular flexibility index (Phi) is 5.40. The van der Waals surface area contributed by atoms with Crippen molar-refractivity contribution in [2.24, 2.45) is 17.8 Å². The smallest absolute Gasteiger partial charge is 0.387 e. The molecule has 4 bridgehead atoms. The number of hydrogen-bond acceptors (Lipinski definition) is 6. The number of ether oxygens (including phenoxy) is 1. The summed E-state index contributed by atoms with van der Waals surface area (Å²) in [7, 11) is 0. The second-order valence-electron chi connectivity index (χ2n) is 9.22. The summed E-state index contributed by atoms with van der Waals surface area (Å²) in [5.41, 5.74) is 0.564. The molecule has 31 heavy (non-hydrogen) atoms. The van der Waals surface area contributed by atoms with Crippen LogP contribution in [0.5, 0.6) is 5.75 Å². The van der Waals surface area contributed by atoms with Gasteiger partial charge in [0.15, 0.2) is 0 Å². The first-order valence-electron chi connectivity index (χ1n) is 10.7. The zero-order chi connectivity index (χ0) is 21.6. The summed E-state index contributed by atoms with van der Waals surface area (Å²) >= 11 is 1.23. The van der Waals surface area contributed by atoms with Crippen LogP contribution >= 0.6 is 11.8 Å². The lowest BCUT2D eigenvalue weighted by Gasteiger charge is -2.57. The molecular formula is C22H25F2N3O3S. The summed E-state index contributed by atoms with van der Waals surface area (Å²) in [4.78, 5) is 12.9. The Morgan fingerprint density at radius 1 is 1.13 bits per heavy atom. The van der Waals surface area contributed by atoms with Gasteiger partial charge in [-0.25, -0.2) is 0 Å². The molecule has 4 saturated carbocycles. The summed E-state index contributed by atoms with van der Waals surface area (Å²) in [6.07, 6.45) is 7.33. The predicted molar refractivity (Wildman–Crippen MR) is 111 cm³/mol. The van der Waals surface area contributed by atoms with E-state index in [4.69, 9.17) is 4.42 Å². The molecule has 0 radical (unpaired) electrons. The standard InChI is InChI=1S/C22H25F2N3O3S/c1-12(18(28)25-22-9-13-6-14(10-22)8-15(7-13)11-22)31-21-27-26-19(30-21)16-2-4-17(5-3-16)29-20(23)24/h2-5,12-15,20H,6-11H2,1H3,(H,25,28). The number of amides is 1. The topological polar surface area (TPSA) is 77.2 Å². The van der Waals surface area contributed by atoms with Crippen LogP contribution in [0.4, 0.5) is 8.78 Å². The number of carbonyl (C=O) groups is 1. The number of nitrogens with one attached hydrogen (secondary N) is 1. The molecule has 4 aliphatic carbocycles. The van der Waals surface area contributed by atoms with Gasteiger partial charge in [0.2, 0.25) is 11.8 Å². The number of rotatable bonds is 7. The number of hydrogen-bond donors (Lipinski definition) is 1. The van der Waals surface area contributed by atoms with Crippen LogP contribution in [0, 0.1) is 17.8 Å². The van der Waals surface area contributed by atoms with E-state index in [1.54, 1.807) is 12.1 Å². The van der Waals surface area contributed by atoms with Crippen molar-refractivity contribution in [3.05, 3.63) is 24.3 Å². The molecule has 6 nitrogen and oxygen atoms in total. The highest BCUT2D eigenvalue weighted by Crippen LogP contribution is 2.55. The molecule has 1 aromatic carbocycles. The lowest BCUT2D eigenvalue weighted by Crippen LogP contribution is -2.60. The van der Waals surface area contributed by atoms with E-state index in [9.17, 15) is 13.6 Å². The van der Waals surface area contributed by atoms with Gasteiger partial charge in [-0.2, -0.15) is 8.78 Å². The van der Waals surface area contributed by atoms with E-state index < -0.39 is 6.61 Å². The first-order valence-corrected chi connectivity index (χ1v) is 11.6. The molecule has 0 saturated heterocycles. The fourth-order valence-electron chi connectivity index (χ4n) is 5.98. The largest absolute Gasteiger partial charge is 0.435 e. The molecule has 1 heterocycles. The Balaban J connectivity index is 1.20. The maximum atomic E-state index is 12.9. The summed E-state index contributed by atoms with van der Waals surface area (Å²) in [6, 6.07) is 5.98. The van der Waals surface area contributed by atoms with Crippen molar-refractivity contribution in [3.63, 3.8) is 0 Å². The molecule has 4 fully saturated rings. The Morgan fingerprint density at radius 3 is 2.32 bits per heavy atom. The van der Waals surface area contributed by atoms with Gasteiger partial charge in [0, 0.05) is 11.1 Å².